The van der Waals surface area contributed by atoms with Gasteiger partial charge >= 0.3 is 0 Å². The van der Waals surface area contributed by atoms with E-state index in [4.69, 9.17) is 16.0 Å². The maximum atomic E-state index is 13.1. The van der Waals surface area contributed by atoms with Crippen LogP contribution in [0, 0.1) is 0 Å². The van der Waals surface area contributed by atoms with Gasteiger partial charge in [0.1, 0.15) is 5.69 Å². The third-order valence-corrected chi connectivity index (χ3v) is 5.11. The number of nitrogens with one attached hydrogen (secondary N) is 1. The minimum atomic E-state index is -0.0662. The maximum absolute atomic E-state index is 13.1. The predicted octanol–water partition coefficient (Wildman–Crippen LogP) is 3.61. The number of benzene rings is 1. The molecule has 1 aliphatic heterocycles. The van der Waals surface area contributed by atoms with Crippen molar-refractivity contribution >= 4 is 17.5 Å². The lowest BCUT2D eigenvalue weighted by Crippen LogP contribution is -2.47. The molecule has 2 aromatic heterocycles. The minimum Gasteiger partial charge on any atom is -0.463 e. The molecule has 0 aliphatic carbocycles. The van der Waals surface area contributed by atoms with Crippen LogP contribution in [0.1, 0.15) is 23.3 Å². The number of hydrogen-bond acceptors (Lipinski definition) is 4. The van der Waals surface area contributed by atoms with Crippen molar-refractivity contribution in [3.05, 3.63) is 59.4 Å². The molecule has 1 aromatic carbocycles. The molecule has 1 fully saturated rings. The molecule has 0 saturated carbocycles. The van der Waals surface area contributed by atoms with Crippen molar-refractivity contribution in [3.63, 3.8) is 0 Å². The van der Waals surface area contributed by atoms with E-state index in [0.29, 0.717) is 34.8 Å². The number of halogens is 1. The Morgan fingerprint density at radius 2 is 2.19 bits per heavy atom. The van der Waals surface area contributed by atoms with Crippen LogP contribution < -0.4 is 5.32 Å². The first-order valence-corrected chi connectivity index (χ1v) is 9.40. The third kappa shape index (κ3) is 3.63. The van der Waals surface area contributed by atoms with E-state index in [1.807, 2.05) is 42.3 Å². The van der Waals surface area contributed by atoms with E-state index in [1.165, 1.54) is 0 Å². The SMILES string of the molecule is CNC1CCCN(C(=O)c2cc(-c3ccco3)n(-c3cccc(Cl)c3)n2)C1. The highest BCUT2D eigenvalue weighted by atomic mass is 35.5. The number of furan rings is 1. The number of amides is 1. The molecule has 3 aromatic rings. The Bertz CT molecular complexity index is 935. The molecule has 1 saturated heterocycles. The summed E-state index contributed by atoms with van der Waals surface area (Å²) in [6.07, 6.45) is 3.67. The van der Waals surface area contributed by atoms with Gasteiger partial charge in [0.25, 0.3) is 5.91 Å². The molecule has 7 heteroatoms. The summed E-state index contributed by atoms with van der Waals surface area (Å²) in [7, 11) is 1.93. The second-order valence-electron chi connectivity index (χ2n) is 6.66. The van der Waals surface area contributed by atoms with E-state index < -0.39 is 0 Å². The van der Waals surface area contributed by atoms with Crippen molar-refractivity contribution in [1.29, 1.82) is 0 Å². The van der Waals surface area contributed by atoms with E-state index in [2.05, 4.69) is 10.4 Å². The number of likely N-dealkylation sites (N-methyl/N-ethyl adjacent to an activating group) is 1. The number of carbonyl (C=O) groups is 1. The molecule has 6 nitrogen and oxygen atoms in total. The minimum absolute atomic E-state index is 0.0662. The summed E-state index contributed by atoms with van der Waals surface area (Å²) in [4.78, 5) is 14.9. The van der Waals surface area contributed by atoms with Crippen LogP contribution >= 0.6 is 11.6 Å². The van der Waals surface area contributed by atoms with Gasteiger partial charge < -0.3 is 14.6 Å². The molecule has 1 aliphatic rings. The van der Waals surface area contributed by atoms with Crippen molar-refractivity contribution in [2.24, 2.45) is 0 Å². The average Bonchev–Trinajstić information content (AvgIpc) is 3.37. The first-order valence-electron chi connectivity index (χ1n) is 9.02. The largest absolute Gasteiger partial charge is 0.463 e. The number of carbonyl (C=O) groups excluding carboxylic acids is 1. The van der Waals surface area contributed by atoms with Crippen molar-refractivity contribution in [2.45, 2.75) is 18.9 Å². The Balaban J connectivity index is 1.72. The highest BCUT2D eigenvalue weighted by molar-refractivity contribution is 6.30. The standard InChI is InChI=1S/C20H21ClN4O2/c1-22-15-6-3-9-24(13-15)20(26)17-12-18(19-8-4-10-27-19)25(23-17)16-7-2-5-14(21)11-16/h2,4-5,7-8,10-12,15,22H,3,6,9,13H2,1H3. The van der Waals surface area contributed by atoms with E-state index in [0.717, 1.165) is 25.1 Å². The number of aromatic nitrogens is 2. The number of likely N-dealkylation sites (tertiary alicyclic amines) is 1. The van der Waals surface area contributed by atoms with Crippen LogP contribution in [0.5, 0.6) is 0 Å². The molecule has 140 valence electrons. The molecule has 0 bridgehead atoms. The lowest BCUT2D eigenvalue weighted by molar-refractivity contribution is 0.0691. The van der Waals surface area contributed by atoms with Crippen molar-refractivity contribution in [2.75, 3.05) is 20.1 Å². The first-order chi connectivity index (χ1) is 13.2. The Labute approximate surface area is 162 Å². The number of piperidine rings is 1. The van der Waals surface area contributed by atoms with Crippen molar-refractivity contribution < 1.29 is 9.21 Å². The van der Waals surface area contributed by atoms with Crippen molar-refractivity contribution in [3.8, 4) is 17.1 Å². The molecular formula is C20H21ClN4O2. The van der Waals surface area contributed by atoms with Gasteiger partial charge in [-0.3, -0.25) is 4.79 Å². The van der Waals surface area contributed by atoms with Crippen LogP contribution in [0.25, 0.3) is 17.1 Å². The van der Waals surface area contributed by atoms with E-state index in [-0.39, 0.29) is 5.91 Å². The Morgan fingerprint density at radius 1 is 1.30 bits per heavy atom. The zero-order valence-corrected chi connectivity index (χ0v) is 15.8. The van der Waals surface area contributed by atoms with Crippen LogP contribution in [0.3, 0.4) is 0 Å². The highest BCUT2D eigenvalue weighted by Crippen LogP contribution is 2.26. The van der Waals surface area contributed by atoms with Crippen LogP contribution in [0.4, 0.5) is 0 Å². The molecule has 3 heterocycles. The van der Waals surface area contributed by atoms with Crippen LogP contribution in [0.2, 0.25) is 5.02 Å². The average molecular weight is 385 g/mol. The van der Waals surface area contributed by atoms with Gasteiger partial charge in [-0.25, -0.2) is 4.68 Å². The Hall–Kier alpha value is -2.57. The molecule has 1 N–H and O–H groups in total. The normalized spacial score (nSPS) is 17.3. The predicted molar refractivity (Wildman–Crippen MR) is 104 cm³/mol. The zero-order valence-electron chi connectivity index (χ0n) is 15.1. The van der Waals surface area contributed by atoms with Crippen LogP contribution in [-0.4, -0.2) is 46.8 Å². The van der Waals surface area contributed by atoms with Gasteiger partial charge in [-0.2, -0.15) is 5.10 Å². The quantitative estimate of drug-likeness (QED) is 0.746. The summed E-state index contributed by atoms with van der Waals surface area (Å²) in [6, 6.07) is 13.1. The Morgan fingerprint density at radius 3 is 2.93 bits per heavy atom. The summed E-state index contributed by atoms with van der Waals surface area (Å²) in [6.45, 7) is 1.44. The van der Waals surface area contributed by atoms with E-state index >= 15 is 0 Å². The van der Waals surface area contributed by atoms with Crippen molar-refractivity contribution in [1.82, 2.24) is 20.0 Å². The summed E-state index contributed by atoms with van der Waals surface area (Å²) in [5.74, 6) is 0.580. The first kappa shape index (κ1) is 17.8. The smallest absolute Gasteiger partial charge is 0.274 e. The fraction of sp³-hybridized carbons (Fsp3) is 0.300. The lowest BCUT2D eigenvalue weighted by atomic mass is 10.1. The van der Waals surface area contributed by atoms with Gasteiger partial charge in [-0.15, -0.1) is 0 Å². The molecule has 4 rings (SSSR count). The third-order valence-electron chi connectivity index (χ3n) is 4.87. The van der Waals surface area contributed by atoms with E-state index in [9.17, 15) is 4.79 Å². The Kier molecular flexibility index (Phi) is 5.01. The zero-order chi connectivity index (χ0) is 18.8. The van der Waals surface area contributed by atoms with Gasteiger partial charge in [-0.1, -0.05) is 17.7 Å². The number of hydrogen-bond donors (Lipinski definition) is 1. The summed E-state index contributed by atoms with van der Waals surface area (Å²) < 4.78 is 7.26. The topological polar surface area (TPSA) is 63.3 Å². The second kappa shape index (κ2) is 7.58. The molecule has 1 amide bonds. The van der Waals surface area contributed by atoms with E-state index in [1.54, 1.807) is 23.1 Å². The number of rotatable bonds is 4. The lowest BCUT2D eigenvalue weighted by Gasteiger charge is -2.32. The van der Waals surface area contributed by atoms with Gasteiger partial charge in [0.2, 0.25) is 0 Å². The molecule has 27 heavy (non-hydrogen) atoms. The maximum Gasteiger partial charge on any atom is 0.274 e. The fourth-order valence-electron chi connectivity index (χ4n) is 3.45. The van der Waals surface area contributed by atoms with Gasteiger partial charge in [-0.05, 0) is 50.2 Å². The molecule has 1 atom stereocenters. The highest BCUT2D eigenvalue weighted by Gasteiger charge is 2.27. The second-order valence-corrected chi connectivity index (χ2v) is 7.10. The monoisotopic (exact) mass is 384 g/mol. The summed E-state index contributed by atoms with van der Waals surface area (Å²) in [5, 5.41) is 8.46. The molecule has 1 unspecified atom stereocenters. The van der Waals surface area contributed by atoms with Gasteiger partial charge in [0.15, 0.2) is 11.5 Å². The molecular weight excluding hydrogens is 364 g/mol. The summed E-state index contributed by atoms with van der Waals surface area (Å²) in [5.41, 5.74) is 1.89. The fourth-order valence-corrected chi connectivity index (χ4v) is 3.63. The van der Waals surface area contributed by atoms with Gasteiger partial charge in [0, 0.05) is 30.2 Å². The molecule has 0 radical (unpaired) electrons. The van der Waals surface area contributed by atoms with Crippen LogP contribution in [0.15, 0.2) is 53.1 Å². The number of nitrogens with zero attached hydrogens (tertiary/aromatic N) is 3. The molecule has 0 spiro atoms. The van der Waals surface area contributed by atoms with Gasteiger partial charge in [0.05, 0.1) is 12.0 Å². The summed E-state index contributed by atoms with van der Waals surface area (Å²) >= 11 is 6.15. The van der Waals surface area contributed by atoms with Crippen LogP contribution in [-0.2, 0) is 0 Å².